The summed E-state index contributed by atoms with van der Waals surface area (Å²) in [6.45, 7) is 0. The van der Waals surface area contributed by atoms with Crippen LogP contribution in [0.2, 0.25) is 0 Å². The Bertz CT molecular complexity index is 2160. The number of halogens is 6. The lowest BCUT2D eigenvalue weighted by atomic mass is 9.77. The zero-order valence-corrected chi connectivity index (χ0v) is 34.2. The van der Waals surface area contributed by atoms with E-state index in [0.29, 0.717) is 57.3 Å². The van der Waals surface area contributed by atoms with E-state index in [2.05, 4.69) is 0 Å². The topological polar surface area (TPSA) is 17.1 Å². The first-order valence-corrected chi connectivity index (χ1v) is 22.3. The second kappa shape index (κ2) is 18.0. The predicted molar refractivity (Wildman–Crippen MR) is 227 cm³/mol. The highest BCUT2D eigenvalue weighted by molar-refractivity contribution is 7.88. The Morgan fingerprint density at radius 1 is 0.383 bits per heavy atom. The minimum atomic E-state index is -2.43. The Morgan fingerprint density at radius 3 is 0.933 bits per heavy atom. The average Bonchev–Trinajstić information content (AvgIpc) is 3.25. The third-order valence-electron chi connectivity index (χ3n) is 12.9. The smallest absolute Gasteiger partial charge is 0.123 e. The molecular weight excluding hydrogens is 787 g/mol. The molecule has 8 heteroatoms. The summed E-state index contributed by atoms with van der Waals surface area (Å²) >= 11 is 0. The van der Waals surface area contributed by atoms with Gasteiger partial charge in [0.1, 0.15) is 44.4 Å². The van der Waals surface area contributed by atoms with Crippen molar-refractivity contribution < 1.29 is 30.6 Å². The highest BCUT2D eigenvalue weighted by Crippen LogP contribution is 2.56. The van der Waals surface area contributed by atoms with Gasteiger partial charge in [0, 0.05) is 0 Å². The number of rotatable bonds is 12. The van der Waals surface area contributed by atoms with Gasteiger partial charge in [-0.1, -0.05) is 125 Å². The second-order valence-electron chi connectivity index (χ2n) is 16.7. The molecule has 0 saturated heterocycles. The van der Waals surface area contributed by atoms with Crippen LogP contribution in [-0.4, -0.2) is 4.21 Å². The summed E-state index contributed by atoms with van der Waals surface area (Å²) in [5, 5.41) is 0. The van der Waals surface area contributed by atoms with Crippen molar-refractivity contribution in [3.8, 4) is 0 Å². The van der Waals surface area contributed by atoms with Crippen molar-refractivity contribution >= 4 is 10.8 Å². The molecule has 2 fully saturated rings. The Balaban J connectivity index is 1.54. The third kappa shape index (κ3) is 8.12. The molecule has 0 spiro atoms. The van der Waals surface area contributed by atoms with Crippen molar-refractivity contribution in [1.82, 2.24) is 0 Å². The van der Waals surface area contributed by atoms with E-state index in [9.17, 15) is 0 Å². The molecule has 8 rings (SSSR count). The molecule has 0 N–H and O–H groups in total. The molecule has 6 aromatic rings. The molecule has 0 radical (unpaired) electrons. The molecule has 2 saturated carbocycles. The van der Waals surface area contributed by atoms with Gasteiger partial charge >= 0.3 is 0 Å². The molecule has 0 unspecified atom stereocenters. The summed E-state index contributed by atoms with van der Waals surface area (Å²) in [4.78, 5) is 0. The summed E-state index contributed by atoms with van der Waals surface area (Å²) < 4.78 is 106. The quantitative estimate of drug-likeness (QED) is 0.0887. The van der Waals surface area contributed by atoms with Gasteiger partial charge in [0.25, 0.3) is 0 Å². The van der Waals surface area contributed by atoms with Crippen LogP contribution in [0.4, 0.5) is 26.3 Å². The molecule has 0 atom stereocenters. The first kappa shape index (κ1) is 41.8. The fraction of sp³-hybridized carbons (Fsp3) is 0.308. The highest BCUT2D eigenvalue weighted by atomic mass is 32.2. The Kier molecular flexibility index (Phi) is 12.5. The maximum absolute atomic E-state index is 17.6. The van der Waals surface area contributed by atoms with E-state index < -0.39 is 55.2 Å². The van der Waals surface area contributed by atoms with E-state index in [4.69, 9.17) is 0 Å². The fourth-order valence-electron chi connectivity index (χ4n) is 10.1. The summed E-state index contributed by atoms with van der Waals surface area (Å²) in [7, 11) is -2.43. The third-order valence-corrected chi connectivity index (χ3v) is 15.4. The van der Waals surface area contributed by atoms with Crippen molar-refractivity contribution in [3.63, 3.8) is 0 Å². The monoisotopic (exact) mass is 834 g/mol. The van der Waals surface area contributed by atoms with Gasteiger partial charge in [-0.15, -0.1) is 0 Å². The number of hydrogen-bond acceptors (Lipinski definition) is 1. The van der Waals surface area contributed by atoms with Crippen LogP contribution in [0.1, 0.15) is 109 Å². The lowest BCUT2D eigenvalue weighted by Crippen LogP contribution is -2.48. The zero-order valence-electron chi connectivity index (χ0n) is 33.4. The van der Waals surface area contributed by atoms with Crippen molar-refractivity contribution in [2.75, 3.05) is 0 Å². The number of hydrogen-bond donors (Lipinski definition) is 0. The Labute approximate surface area is 351 Å². The van der Waals surface area contributed by atoms with Gasteiger partial charge in [0.2, 0.25) is 0 Å². The molecule has 0 bridgehead atoms. The van der Waals surface area contributed by atoms with E-state index in [0.717, 1.165) is 64.2 Å². The van der Waals surface area contributed by atoms with Gasteiger partial charge < -0.3 is 0 Å². The van der Waals surface area contributed by atoms with Crippen molar-refractivity contribution in [1.29, 1.82) is 0 Å². The molecule has 60 heavy (non-hydrogen) atoms. The standard InChI is InChI=1S/C52H48F6OS/c53-43-19-11-39(12-20-43)51(40-13-21-44(54)22-14-40,49-29-27-47(57)33-37(49)31-35-7-3-1-4-8-35)60(59)52(41-15-23-45(55)24-16-41,42-17-25-46(56)26-18-42)50-30-28-48(58)34-38(50)32-36-9-5-2-6-10-36/h11-30,33-36H,1-10,31-32H2. The van der Waals surface area contributed by atoms with Crippen LogP contribution >= 0.6 is 0 Å². The minimum Gasteiger partial charge on any atom is -0.256 e. The van der Waals surface area contributed by atoms with Crippen molar-refractivity contribution in [2.45, 2.75) is 86.5 Å². The van der Waals surface area contributed by atoms with Gasteiger partial charge in [-0.3, -0.25) is 4.21 Å². The minimum absolute atomic E-state index is 0.199. The Morgan fingerprint density at radius 2 is 0.650 bits per heavy atom. The fourth-order valence-corrected chi connectivity index (χ4v) is 12.8. The maximum atomic E-state index is 17.6. The van der Waals surface area contributed by atoms with E-state index in [1.165, 1.54) is 72.8 Å². The van der Waals surface area contributed by atoms with Crippen LogP contribution in [-0.2, 0) is 33.1 Å². The first-order valence-electron chi connectivity index (χ1n) is 21.1. The molecular formula is C52H48F6OS. The summed E-state index contributed by atoms with van der Waals surface area (Å²) in [5.41, 5.74) is 3.61. The molecule has 6 aromatic carbocycles. The van der Waals surface area contributed by atoms with Gasteiger partial charge in [0.05, 0.1) is 10.8 Å². The van der Waals surface area contributed by atoms with Crippen LogP contribution in [0.5, 0.6) is 0 Å². The van der Waals surface area contributed by atoms with Crippen molar-refractivity contribution in [2.24, 2.45) is 11.8 Å². The van der Waals surface area contributed by atoms with Crippen molar-refractivity contribution in [3.05, 3.63) is 213 Å². The summed E-state index contributed by atoms with van der Waals surface area (Å²) in [6, 6.07) is 31.5. The molecule has 1 nitrogen and oxygen atoms in total. The lowest BCUT2D eigenvalue weighted by molar-refractivity contribution is 0.355. The van der Waals surface area contributed by atoms with Gasteiger partial charge in [-0.2, -0.15) is 0 Å². The second-order valence-corrected chi connectivity index (χ2v) is 18.4. The molecule has 0 heterocycles. The molecule has 2 aliphatic carbocycles. The lowest BCUT2D eigenvalue weighted by Gasteiger charge is -2.46. The zero-order chi connectivity index (χ0) is 41.9. The molecule has 0 aromatic heterocycles. The predicted octanol–water partition coefficient (Wildman–Crippen LogP) is 13.8. The first-order chi connectivity index (χ1) is 29.1. The molecule has 310 valence electrons. The number of benzene rings is 6. The highest BCUT2D eigenvalue weighted by Gasteiger charge is 2.56. The van der Waals surface area contributed by atoms with Gasteiger partial charge in [-0.05, 0) is 142 Å². The normalized spacial score (nSPS) is 15.7. The molecule has 0 amide bonds. The Hall–Kier alpha value is -4.95. The average molecular weight is 835 g/mol. The van der Waals surface area contributed by atoms with Crippen LogP contribution in [0.15, 0.2) is 133 Å². The largest absolute Gasteiger partial charge is 0.256 e. The summed E-state index contributed by atoms with van der Waals surface area (Å²) in [5.74, 6) is -2.76. The maximum Gasteiger partial charge on any atom is 0.123 e. The SMILES string of the molecule is O=S(C(c1ccc(F)cc1)(c1ccc(F)cc1)c1ccc(F)cc1CC1CCCCC1)C(c1ccc(F)cc1)(c1ccc(F)cc1)c1ccc(F)cc1CC1CCCCC1. The van der Waals surface area contributed by atoms with E-state index in [1.54, 1.807) is 60.7 Å². The van der Waals surface area contributed by atoms with Crippen LogP contribution in [0.3, 0.4) is 0 Å². The molecule has 0 aliphatic heterocycles. The van der Waals surface area contributed by atoms with E-state index >= 15 is 30.6 Å². The van der Waals surface area contributed by atoms with Crippen LogP contribution in [0, 0.1) is 46.7 Å². The summed E-state index contributed by atoms with van der Waals surface area (Å²) in [6.07, 6.45) is 10.9. The van der Waals surface area contributed by atoms with E-state index in [-0.39, 0.29) is 11.8 Å². The van der Waals surface area contributed by atoms with Crippen LogP contribution in [0.25, 0.3) is 0 Å². The van der Waals surface area contributed by atoms with Gasteiger partial charge in [-0.25, -0.2) is 26.3 Å². The van der Waals surface area contributed by atoms with Crippen LogP contribution < -0.4 is 0 Å². The van der Waals surface area contributed by atoms with Gasteiger partial charge in [0.15, 0.2) is 0 Å². The molecule has 2 aliphatic rings. The van der Waals surface area contributed by atoms with E-state index in [1.807, 2.05) is 0 Å².